The topological polar surface area (TPSA) is 101 Å². The third kappa shape index (κ3) is 3.77. The van der Waals surface area contributed by atoms with Gasteiger partial charge in [-0.05, 0) is 62.2 Å². The Balaban J connectivity index is 2.14. The number of nitrogen functional groups attached to an aromatic ring is 1. The van der Waals surface area contributed by atoms with Gasteiger partial charge in [-0.2, -0.15) is 0 Å². The Hall–Kier alpha value is -2.94. The van der Waals surface area contributed by atoms with Crippen LogP contribution in [-0.2, 0) is 26.0 Å². The predicted molar refractivity (Wildman–Crippen MR) is 113 cm³/mol. The van der Waals surface area contributed by atoms with Crippen molar-refractivity contribution in [1.82, 2.24) is 0 Å². The Bertz CT molecular complexity index is 1110. The van der Waals surface area contributed by atoms with Crippen molar-refractivity contribution >= 4 is 38.9 Å². The number of carbonyl (C=O) groups excluding carboxylic acids is 2. The molecular formula is C21H24FN3O4S. The zero-order valence-electron chi connectivity index (χ0n) is 17.1. The van der Waals surface area contributed by atoms with Crippen molar-refractivity contribution in [3.63, 3.8) is 0 Å². The zero-order chi connectivity index (χ0) is 22.3. The van der Waals surface area contributed by atoms with E-state index in [9.17, 15) is 22.4 Å². The number of rotatable bonds is 5. The number of amides is 2. The van der Waals surface area contributed by atoms with Crippen molar-refractivity contribution in [3.05, 3.63) is 48.0 Å². The van der Waals surface area contributed by atoms with Crippen molar-refractivity contribution in [3.8, 4) is 0 Å². The summed E-state index contributed by atoms with van der Waals surface area (Å²) in [4.78, 5) is 26.3. The zero-order valence-corrected chi connectivity index (χ0v) is 17.9. The van der Waals surface area contributed by atoms with Crippen LogP contribution in [0.1, 0.15) is 26.3 Å². The third-order valence-corrected chi connectivity index (χ3v) is 6.77. The number of fused-ring (bicyclic) bond motifs is 1. The molecule has 0 radical (unpaired) electrons. The standard InChI is InChI=1S/C21H24FN3O4S/c1-14(26)24-10-9-15-11-18(7-8-19(15)24)30(28,29)25(20(27)21(2,3)13-22)17-6-4-5-16(23)12-17/h4-8,11-12H,9-10,13,23H2,1-3H3. The second-order valence-electron chi connectivity index (χ2n) is 7.90. The summed E-state index contributed by atoms with van der Waals surface area (Å²) in [6.45, 7) is 3.56. The maximum absolute atomic E-state index is 13.6. The van der Waals surface area contributed by atoms with Crippen LogP contribution in [0.4, 0.5) is 21.5 Å². The lowest BCUT2D eigenvalue weighted by Crippen LogP contribution is -2.45. The van der Waals surface area contributed by atoms with E-state index < -0.39 is 28.0 Å². The molecule has 30 heavy (non-hydrogen) atoms. The molecule has 0 aliphatic carbocycles. The smallest absolute Gasteiger partial charge is 0.270 e. The Morgan fingerprint density at radius 3 is 2.50 bits per heavy atom. The van der Waals surface area contributed by atoms with E-state index >= 15 is 0 Å². The molecule has 2 aromatic carbocycles. The largest absolute Gasteiger partial charge is 0.399 e. The monoisotopic (exact) mass is 433 g/mol. The molecule has 0 bridgehead atoms. The number of hydrogen-bond donors (Lipinski definition) is 1. The summed E-state index contributed by atoms with van der Waals surface area (Å²) in [6.07, 6.45) is 0.500. The lowest BCUT2D eigenvalue weighted by atomic mass is 9.94. The number of carbonyl (C=O) groups is 2. The summed E-state index contributed by atoms with van der Waals surface area (Å²) in [5, 5.41) is 0. The Morgan fingerprint density at radius 1 is 1.20 bits per heavy atom. The van der Waals surface area contributed by atoms with Gasteiger partial charge in [0.25, 0.3) is 10.0 Å². The fraction of sp³-hybridized carbons (Fsp3) is 0.333. The predicted octanol–water partition coefficient (Wildman–Crippen LogP) is 2.90. The first-order chi connectivity index (χ1) is 14.0. The first-order valence-corrected chi connectivity index (χ1v) is 10.9. The molecule has 7 nitrogen and oxygen atoms in total. The van der Waals surface area contributed by atoms with E-state index in [4.69, 9.17) is 5.73 Å². The van der Waals surface area contributed by atoms with Crippen LogP contribution in [0.15, 0.2) is 47.4 Å². The summed E-state index contributed by atoms with van der Waals surface area (Å²) in [6, 6.07) is 10.2. The molecule has 9 heteroatoms. The Kier molecular flexibility index (Phi) is 5.60. The summed E-state index contributed by atoms with van der Waals surface area (Å²) in [5.41, 5.74) is 5.88. The highest BCUT2D eigenvalue weighted by molar-refractivity contribution is 7.93. The van der Waals surface area contributed by atoms with Crippen LogP contribution in [0.25, 0.3) is 0 Å². The first kappa shape index (κ1) is 21.8. The molecule has 1 aliphatic heterocycles. The van der Waals surface area contributed by atoms with Crippen LogP contribution in [0.3, 0.4) is 0 Å². The average molecular weight is 434 g/mol. The SMILES string of the molecule is CC(=O)N1CCc2cc(S(=O)(=O)N(C(=O)C(C)(C)CF)c3cccc(N)c3)ccc21. The number of anilines is 3. The normalized spacial score (nSPS) is 13.8. The molecule has 0 aromatic heterocycles. The van der Waals surface area contributed by atoms with E-state index in [-0.39, 0.29) is 22.2 Å². The van der Waals surface area contributed by atoms with Gasteiger partial charge in [0, 0.05) is 24.8 Å². The highest BCUT2D eigenvalue weighted by Gasteiger charge is 2.40. The summed E-state index contributed by atoms with van der Waals surface area (Å²) in [7, 11) is -4.36. The molecule has 0 spiro atoms. The van der Waals surface area contributed by atoms with Crippen LogP contribution in [0, 0.1) is 5.41 Å². The molecule has 0 fully saturated rings. The molecule has 0 saturated carbocycles. The summed E-state index contributed by atoms with van der Waals surface area (Å²) < 4.78 is 41.2. The van der Waals surface area contributed by atoms with Gasteiger partial charge in [-0.15, -0.1) is 0 Å². The van der Waals surface area contributed by atoms with Crippen molar-refractivity contribution < 1.29 is 22.4 Å². The Labute approximate surface area is 175 Å². The number of nitrogens with zero attached hydrogens (tertiary/aromatic N) is 2. The van der Waals surface area contributed by atoms with Gasteiger partial charge in [0.1, 0.15) is 6.67 Å². The molecule has 3 rings (SSSR count). The lowest BCUT2D eigenvalue weighted by molar-refractivity contribution is -0.126. The highest BCUT2D eigenvalue weighted by Crippen LogP contribution is 2.35. The summed E-state index contributed by atoms with van der Waals surface area (Å²) >= 11 is 0. The highest BCUT2D eigenvalue weighted by atomic mass is 32.2. The van der Waals surface area contributed by atoms with Crippen LogP contribution in [-0.4, -0.2) is 33.5 Å². The Morgan fingerprint density at radius 2 is 1.90 bits per heavy atom. The number of hydrogen-bond acceptors (Lipinski definition) is 5. The van der Waals surface area contributed by atoms with E-state index in [2.05, 4.69) is 0 Å². The average Bonchev–Trinajstić information content (AvgIpc) is 3.11. The van der Waals surface area contributed by atoms with Crippen molar-refractivity contribution in [2.45, 2.75) is 32.1 Å². The minimum atomic E-state index is -4.36. The molecule has 0 atom stereocenters. The van der Waals surface area contributed by atoms with Gasteiger partial charge in [0.2, 0.25) is 11.8 Å². The molecule has 0 unspecified atom stereocenters. The minimum Gasteiger partial charge on any atom is -0.399 e. The van der Waals surface area contributed by atoms with E-state index in [0.717, 1.165) is 0 Å². The lowest BCUT2D eigenvalue weighted by Gasteiger charge is -2.30. The molecule has 1 heterocycles. The number of sulfonamides is 1. The molecule has 1 aliphatic rings. The molecule has 2 amide bonds. The molecule has 2 N–H and O–H groups in total. The van der Waals surface area contributed by atoms with Gasteiger partial charge in [-0.1, -0.05) is 6.07 Å². The quantitative estimate of drug-likeness (QED) is 0.731. The fourth-order valence-corrected chi connectivity index (χ4v) is 4.92. The fourth-order valence-electron chi connectivity index (χ4n) is 3.32. The van der Waals surface area contributed by atoms with Crippen LogP contribution in [0.5, 0.6) is 0 Å². The number of nitrogens with two attached hydrogens (primary N) is 1. The molecular weight excluding hydrogens is 409 g/mol. The molecule has 0 saturated heterocycles. The third-order valence-electron chi connectivity index (χ3n) is 5.07. The van der Waals surface area contributed by atoms with Crippen molar-refractivity contribution in [2.24, 2.45) is 5.41 Å². The second-order valence-corrected chi connectivity index (χ2v) is 9.68. The first-order valence-electron chi connectivity index (χ1n) is 9.41. The second kappa shape index (κ2) is 7.71. The van der Waals surface area contributed by atoms with Crippen molar-refractivity contribution in [2.75, 3.05) is 28.2 Å². The summed E-state index contributed by atoms with van der Waals surface area (Å²) in [5.74, 6) is -1.04. The van der Waals surface area contributed by atoms with Crippen LogP contribution < -0.4 is 14.9 Å². The van der Waals surface area contributed by atoms with Crippen LogP contribution >= 0.6 is 0 Å². The van der Waals surface area contributed by atoms with Gasteiger partial charge in [0.15, 0.2) is 0 Å². The van der Waals surface area contributed by atoms with E-state index in [1.807, 2.05) is 0 Å². The van der Waals surface area contributed by atoms with Gasteiger partial charge in [0.05, 0.1) is 16.0 Å². The van der Waals surface area contributed by atoms with E-state index in [1.54, 1.807) is 17.0 Å². The van der Waals surface area contributed by atoms with E-state index in [0.29, 0.717) is 28.5 Å². The molecule has 2 aromatic rings. The number of halogens is 1. The molecule has 160 valence electrons. The van der Waals surface area contributed by atoms with Crippen molar-refractivity contribution in [1.29, 1.82) is 0 Å². The van der Waals surface area contributed by atoms with E-state index in [1.165, 1.54) is 51.1 Å². The minimum absolute atomic E-state index is 0.0346. The van der Waals surface area contributed by atoms with Gasteiger partial charge >= 0.3 is 0 Å². The maximum Gasteiger partial charge on any atom is 0.270 e. The van der Waals surface area contributed by atoms with Gasteiger partial charge < -0.3 is 10.6 Å². The number of alkyl halides is 1. The maximum atomic E-state index is 13.6. The van der Waals surface area contributed by atoms with Crippen LogP contribution in [0.2, 0.25) is 0 Å². The number of benzene rings is 2. The van der Waals surface area contributed by atoms with Gasteiger partial charge in [-0.3, -0.25) is 9.59 Å². The van der Waals surface area contributed by atoms with Gasteiger partial charge in [-0.25, -0.2) is 17.1 Å².